The van der Waals surface area contributed by atoms with E-state index in [1.807, 2.05) is 12.1 Å². The van der Waals surface area contributed by atoms with Crippen LogP contribution < -0.4 is 5.32 Å². The summed E-state index contributed by atoms with van der Waals surface area (Å²) in [5, 5.41) is 4.54. The molecule has 0 bridgehead atoms. The summed E-state index contributed by atoms with van der Waals surface area (Å²) in [5.41, 5.74) is 6.46. The quantitative estimate of drug-likeness (QED) is 0.409. The Morgan fingerprint density at radius 2 is 1.61 bits per heavy atom. The number of nitrogens with one attached hydrogen (secondary N) is 1. The molecule has 3 aromatic carbocycles. The first-order valence-electron chi connectivity index (χ1n) is 12.8. The molecule has 0 aromatic heterocycles. The van der Waals surface area contributed by atoms with Gasteiger partial charge in [0.15, 0.2) is 0 Å². The predicted octanol–water partition coefficient (Wildman–Crippen LogP) is 6.08. The number of likely N-dealkylation sites (tertiary alicyclic amines) is 1. The third kappa shape index (κ3) is 6.49. The summed E-state index contributed by atoms with van der Waals surface area (Å²) in [4.78, 5) is 17.7. The molecule has 0 atom stereocenters. The molecule has 1 saturated heterocycles. The Hall–Kier alpha value is -2.37. The SMILES string of the molecule is O=C(NCc1cccc(CN2CCc3ccccc3C2)c1)C1CCN(Cc2ccc(Cl)cc2Cl)CC1. The van der Waals surface area contributed by atoms with E-state index in [9.17, 15) is 4.79 Å². The fraction of sp³-hybridized carbons (Fsp3) is 0.367. The van der Waals surface area contributed by atoms with Crippen molar-refractivity contribution < 1.29 is 4.79 Å². The summed E-state index contributed by atoms with van der Waals surface area (Å²) in [6.07, 6.45) is 2.85. The molecule has 0 unspecified atom stereocenters. The summed E-state index contributed by atoms with van der Waals surface area (Å²) in [6.45, 7) is 6.18. The summed E-state index contributed by atoms with van der Waals surface area (Å²) in [7, 11) is 0. The van der Waals surface area contributed by atoms with E-state index in [-0.39, 0.29) is 11.8 Å². The Kier molecular flexibility index (Phi) is 8.28. The van der Waals surface area contributed by atoms with Crippen LogP contribution in [-0.2, 0) is 37.4 Å². The summed E-state index contributed by atoms with van der Waals surface area (Å²) in [5.74, 6) is 0.232. The van der Waals surface area contributed by atoms with Gasteiger partial charge in [-0.3, -0.25) is 14.6 Å². The van der Waals surface area contributed by atoms with Gasteiger partial charge in [0.1, 0.15) is 0 Å². The number of piperidine rings is 1. The second kappa shape index (κ2) is 11.8. The van der Waals surface area contributed by atoms with Gasteiger partial charge in [-0.15, -0.1) is 0 Å². The molecule has 36 heavy (non-hydrogen) atoms. The average molecular weight is 523 g/mol. The standard InChI is InChI=1S/C30H33Cl2N3O/c31-28-9-8-27(29(32)17-28)21-34-13-11-25(12-14-34)30(36)33-18-22-4-3-5-23(16-22)19-35-15-10-24-6-1-2-7-26(24)20-35/h1-9,16-17,25H,10-15,18-21H2,(H,33,36). The van der Waals surface area contributed by atoms with Gasteiger partial charge in [-0.1, -0.05) is 77.8 Å². The largest absolute Gasteiger partial charge is 0.352 e. The first kappa shape index (κ1) is 25.3. The van der Waals surface area contributed by atoms with Gasteiger partial charge in [0, 0.05) is 48.7 Å². The summed E-state index contributed by atoms with van der Waals surface area (Å²) >= 11 is 12.3. The van der Waals surface area contributed by atoms with E-state index in [4.69, 9.17) is 23.2 Å². The van der Waals surface area contributed by atoms with E-state index in [0.29, 0.717) is 16.6 Å². The molecule has 2 aliphatic heterocycles. The Labute approximate surface area is 224 Å². The lowest BCUT2D eigenvalue weighted by Gasteiger charge is -2.31. The van der Waals surface area contributed by atoms with E-state index in [1.165, 1.54) is 16.7 Å². The lowest BCUT2D eigenvalue weighted by molar-refractivity contribution is -0.126. The fourth-order valence-electron chi connectivity index (χ4n) is 5.36. The molecule has 6 heteroatoms. The average Bonchev–Trinajstić information content (AvgIpc) is 2.89. The van der Waals surface area contributed by atoms with Gasteiger partial charge in [0.05, 0.1) is 0 Å². The predicted molar refractivity (Wildman–Crippen MR) is 147 cm³/mol. The zero-order chi connectivity index (χ0) is 24.9. The molecule has 5 rings (SSSR count). The van der Waals surface area contributed by atoms with Gasteiger partial charge in [-0.05, 0) is 72.3 Å². The molecule has 4 nitrogen and oxygen atoms in total. The molecule has 0 radical (unpaired) electrons. The van der Waals surface area contributed by atoms with Crippen LogP contribution in [-0.4, -0.2) is 35.3 Å². The molecule has 0 saturated carbocycles. The molecule has 1 fully saturated rings. The third-order valence-electron chi connectivity index (χ3n) is 7.44. The van der Waals surface area contributed by atoms with Crippen LogP contribution in [0, 0.1) is 5.92 Å². The number of carbonyl (C=O) groups excluding carboxylic acids is 1. The lowest BCUT2D eigenvalue weighted by Crippen LogP contribution is -2.40. The topological polar surface area (TPSA) is 35.6 Å². The first-order valence-corrected chi connectivity index (χ1v) is 13.6. The highest BCUT2D eigenvalue weighted by atomic mass is 35.5. The number of carbonyl (C=O) groups is 1. The fourth-order valence-corrected chi connectivity index (χ4v) is 5.83. The van der Waals surface area contributed by atoms with Crippen molar-refractivity contribution >= 4 is 29.1 Å². The third-order valence-corrected chi connectivity index (χ3v) is 8.03. The van der Waals surface area contributed by atoms with Crippen molar-refractivity contribution in [1.82, 2.24) is 15.1 Å². The first-order chi connectivity index (χ1) is 17.5. The summed E-state index contributed by atoms with van der Waals surface area (Å²) in [6, 6.07) is 23.0. The molecule has 1 amide bonds. The highest BCUT2D eigenvalue weighted by Crippen LogP contribution is 2.25. The maximum absolute atomic E-state index is 12.9. The monoisotopic (exact) mass is 521 g/mol. The number of hydrogen-bond donors (Lipinski definition) is 1. The smallest absolute Gasteiger partial charge is 0.223 e. The summed E-state index contributed by atoms with van der Waals surface area (Å²) < 4.78 is 0. The Morgan fingerprint density at radius 1 is 0.833 bits per heavy atom. The van der Waals surface area contributed by atoms with Crippen molar-refractivity contribution in [2.45, 2.75) is 45.4 Å². The van der Waals surface area contributed by atoms with Crippen molar-refractivity contribution in [3.63, 3.8) is 0 Å². The van der Waals surface area contributed by atoms with Crippen LogP contribution in [0.3, 0.4) is 0 Å². The number of hydrogen-bond acceptors (Lipinski definition) is 3. The molecule has 188 valence electrons. The maximum Gasteiger partial charge on any atom is 0.223 e. The molecule has 1 N–H and O–H groups in total. The molecule has 2 heterocycles. The second-order valence-corrected chi connectivity index (χ2v) is 10.9. The minimum absolute atomic E-state index is 0.0681. The normalized spacial score (nSPS) is 17.1. The van der Waals surface area contributed by atoms with E-state index in [1.54, 1.807) is 6.07 Å². The van der Waals surface area contributed by atoms with E-state index < -0.39 is 0 Å². The number of fused-ring (bicyclic) bond motifs is 1. The van der Waals surface area contributed by atoms with E-state index in [2.05, 4.69) is 63.6 Å². The minimum Gasteiger partial charge on any atom is -0.352 e. The number of benzene rings is 3. The molecular formula is C30H33Cl2N3O. The number of amides is 1. The zero-order valence-electron chi connectivity index (χ0n) is 20.6. The highest BCUT2D eigenvalue weighted by molar-refractivity contribution is 6.35. The van der Waals surface area contributed by atoms with Crippen molar-refractivity contribution in [2.75, 3.05) is 19.6 Å². The highest BCUT2D eigenvalue weighted by Gasteiger charge is 2.25. The van der Waals surface area contributed by atoms with Gasteiger partial charge in [0.25, 0.3) is 0 Å². The van der Waals surface area contributed by atoms with Gasteiger partial charge in [-0.2, -0.15) is 0 Å². The van der Waals surface area contributed by atoms with Crippen molar-refractivity contribution in [2.24, 2.45) is 5.92 Å². The van der Waals surface area contributed by atoms with Gasteiger partial charge in [0.2, 0.25) is 5.91 Å². The van der Waals surface area contributed by atoms with Crippen LogP contribution in [0.15, 0.2) is 66.7 Å². The Bertz CT molecular complexity index is 1210. The number of halogens is 2. The zero-order valence-corrected chi connectivity index (χ0v) is 22.1. The maximum atomic E-state index is 12.9. The number of rotatable bonds is 7. The van der Waals surface area contributed by atoms with Crippen LogP contribution in [0.2, 0.25) is 10.0 Å². The Morgan fingerprint density at radius 3 is 2.42 bits per heavy atom. The van der Waals surface area contributed by atoms with E-state index >= 15 is 0 Å². The van der Waals surface area contributed by atoms with Crippen molar-refractivity contribution in [3.8, 4) is 0 Å². The minimum atomic E-state index is 0.0681. The molecule has 3 aromatic rings. The van der Waals surface area contributed by atoms with Gasteiger partial charge in [-0.25, -0.2) is 0 Å². The molecular weight excluding hydrogens is 489 g/mol. The Balaban J connectivity index is 1.08. The molecule has 0 spiro atoms. The second-order valence-electron chi connectivity index (χ2n) is 10.1. The molecule has 0 aliphatic carbocycles. The van der Waals surface area contributed by atoms with Crippen LogP contribution in [0.5, 0.6) is 0 Å². The van der Waals surface area contributed by atoms with E-state index in [0.717, 1.165) is 69.7 Å². The van der Waals surface area contributed by atoms with Crippen LogP contribution in [0.25, 0.3) is 0 Å². The van der Waals surface area contributed by atoms with Crippen LogP contribution >= 0.6 is 23.2 Å². The van der Waals surface area contributed by atoms with Crippen molar-refractivity contribution in [3.05, 3.63) is 105 Å². The molecule has 2 aliphatic rings. The lowest BCUT2D eigenvalue weighted by atomic mass is 9.95. The van der Waals surface area contributed by atoms with Gasteiger partial charge < -0.3 is 5.32 Å². The van der Waals surface area contributed by atoms with Crippen molar-refractivity contribution in [1.29, 1.82) is 0 Å². The van der Waals surface area contributed by atoms with Crippen LogP contribution in [0.1, 0.15) is 40.7 Å². The number of nitrogens with zero attached hydrogens (tertiary/aromatic N) is 2. The van der Waals surface area contributed by atoms with Crippen LogP contribution in [0.4, 0.5) is 0 Å². The van der Waals surface area contributed by atoms with Gasteiger partial charge >= 0.3 is 0 Å².